The molecule has 0 aliphatic carbocycles. The molecular formula is C20H27N3O. The van der Waals surface area contributed by atoms with Crippen LogP contribution in [0.3, 0.4) is 0 Å². The van der Waals surface area contributed by atoms with E-state index in [0.29, 0.717) is 19.0 Å². The molecule has 1 saturated heterocycles. The molecule has 1 aliphatic rings. The molecular weight excluding hydrogens is 298 g/mol. The van der Waals surface area contributed by atoms with Gasteiger partial charge in [0.1, 0.15) is 0 Å². The highest BCUT2D eigenvalue weighted by molar-refractivity contribution is 5.90. The summed E-state index contributed by atoms with van der Waals surface area (Å²) in [6.45, 7) is 7.28. The van der Waals surface area contributed by atoms with Crippen LogP contribution in [0.1, 0.15) is 12.5 Å². The summed E-state index contributed by atoms with van der Waals surface area (Å²) in [5.41, 5.74) is 1.10. The minimum atomic E-state index is 0.104. The second-order valence-electron chi connectivity index (χ2n) is 6.81. The van der Waals surface area contributed by atoms with Gasteiger partial charge in [0.15, 0.2) is 0 Å². The molecule has 0 bridgehead atoms. The summed E-state index contributed by atoms with van der Waals surface area (Å²) in [6, 6.07) is 14.8. The van der Waals surface area contributed by atoms with Crippen LogP contribution in [0, 0.1) is 0 Å². The van der Waals surface area contributed by atoms with Gasteiger partial charge in [-0.15, -0.1) is 0 Å². The van der Waals surface area contributed by atoms with Gasteiger partial charge in [-0.25, -0.2) is 0 Å². The van der Waals surface area contributed by atoms with Crippen molar-refractivity contribution in [1.82, 2.24) is 15.1 Å². The van der Waals surface area contributed by atoms with E-state index in [-0.39, 0.29) is 5.91 Å². The molecule has 1 aliphatic heterocycles. The SMILES string of the molecule is C[C@@H](CNC(=O)Cc1cccc2ccccc12)N1CCN(C)CC1. The number of nitrogens with zero attached hydrogens (tertiary/aromatic N) is 2. The first kappa shape index (κ1) is 16.9. The molecule has 0 unspecified atom stereocenters. The number of carbonyl (C=O) groups excluding carboxylic acids is 1. The normalized spacial score (nSPS) is 17.8. The molecule has 0 radical (unpaired) electrons. The molecule has 1 heterocycles. The highest BCUT2D eigenvalue weighted by Crippen LogP contribution is 2.18. The van der Waals surface area contributed by atoms with Crippen molar-refractivity contribution in [2.75, 3.05) is 39.8 Å². The van der Waals surface area contributed by atoms with Crippen molar-refractivity contribution >= 4 is 16.7 Å². The van der Waals surface area contributed by atoms with Crippen LogP contribution in [0.5, 0.6) is 0 Å². The fourth-order valence-corrected chi connectivity index (χ4v) is 3.34. The average Bonchev–Trinajstić information content (AvgIpc) is 2.61. The molecule has 2 aromatic carbocycles. The van der Waals surface area contributed by atoms with E-state index in [2.05, 4.69) is 47.3 Å². The Morgan fingerprint density at radius 3 is 2.58 bits per heavy atom. The molecule has 0 aromatic heterocycles. The summed E-state index contributed by atoms with van der Waals surface area (Å²) >= 11 is 0. The zero-order chi connectivity index (χ0) is 16.9. The molecule has 4 heteroatoms. The van der Waals surface area contributed by atoms with Crippen molar-refractivity contribution in [2.24, 2.45) is 0 Å². The van der Waals surface area contributed by atoms with Crippen LogP contribution in [0.15, 0.2) is 42.5 Å². The Bertz CT molecular complexity index is 687. The van der Waals surface area contributed by atoms with Gasteiger partial charge in [0.25, 0.3) is 0 Å². The standard InChI is InChI=1S/C20H27N3O/c1-16(23-12-10-22(2)11-13-23)15-21-20(24)14-18-8-5-7-17-6-3-4-9-19(17)18/h3-9,16H,10-15H2,1-2H3,(H,21,24)/t16-/m0/s1. The Morgan fingerprint density at radius 1 is 1.08 bits per heavy atom. The van der Waals surface area contributed by atoms with Crippen LogP contribution in [-0.4, -0.2) is 61.5 Å². The number of likely N-dealkylation sites (N-methyl/N-ethyl adjacent to an activating group) is 1. The highest BCUT2D eigenvalue weighted by Gasteiger charge is 2.19. The van der Waals surface area contributed by atoms with E-state index in [0.717, 1.165) is 31.7 Å². The minimum absolute atomic E-state index is 0.104. The second kappa shape index (κ2) is 7.77. The van der Waals surface area contributed by atoms with Crippen LogP contribution in [0.4, 0.5) is 0 Å². The zero-order valence-corrected chi connectivity index (χ0v) is 14.7. The predicted molar refractivity (Wildman–Crippen MR) is 99.2 cm³/mol. The summed E-state index contributed by atoms with van der Waals surface area (Å²) in [5.74, 6) is 0.104. The van der Waals surface area contributed by atoms with Crippen molar-refractivity contribution in [1.29, 1.82) is 0 Å². The van der Waals surface area contributed by atoms with Gasteiger partial charge in [-0.1, -0.05) is 42.5 Å². The second-order valence-corrected chi connectivity index (χ2v) is 6.81. The third kappa shape index (κ3) is 4.13. The van der Waals surface area contributed by atoms with Crippen molar-refractivity contribution in [3.8, 4) is 0 Å². The van der Waals surface area contributed by atoms with Gasteiger partial charge in [0.2, 0.25) is 5.91 Å². The molecule has 0 saturated carbocycles. The fourth-order valence-electron chi connectivity index (χ4n) is 3.34. The van der Waals surface area contributed by atoms with E-state index in [9.17, 15) is 4.79 Å². The Balaban J connectivity index is 1.54. The number of carbonyl (C=O) groups is 1. The summed E-state index contributed by atoms with van der Waals surface area (Å²) in [5, 5.41) is 5.47. The Labute approximate surface area is 144 Å². The van der Waals surface area contributed by atoms with Crippen molar-refractivity contribution < 1.29 is 4.79 Å². The third-order valence-corrected chi connectivity index (χ3v) is 4.99. The molecule has 2 aromatic rings. The molecule has 0 spiro atoms. The van der Waals surface area contributed by atoms with E-state index < -0.39 is 0 Å². The minimum Gasteiger partial charge on any atom is -0.354 e. The van der Waals surface area contributed by atoms with E-state index in [4.69, 9.17) is 0 Å². The number of benzene rings is 2. The number of rotatable bonds is 5. The molecule has 3 rings (SSSR count). The number of piperazine rings is 1. The van der Waals surface area contributed by atoms with Gasteiger partial charge in [0.05, 0.1) is 6.42 Å². The maximum atomic E-state index is 12.4. The topological polar surface area (TPSA) is 35.6 Å². The van der Waals surface area contributed by atoms with Crippen LogP contribution in [-0.2, 0) is 11.2 Å². The van der Waals surface area contributed by atoms with Crippen molar-refractivity contribution in [2.45, 2.75) is 19.4 Å². The van der Waals surface area contributed by atoms with Gasteiger partial charge in [-0.2, -0.15) is 0 Å². The Hall–Kier alpha value is -1.91. The Morgan fingerprint density at radius 2 is 1.79 bits per heavy atom. The molecule has 1 fully saturated rings. The van der Waals surface area contributed by atoms with Gasteiger partial charge in [-0.3, -0.25) is 9.69 Å². The van der Waals surface area contributed by atoms with E-state index >= 15 is 0 Å². The van der Waals surface area contributed by atoms with Crippen molar-refractivity contribution in [3.05, 3.63) is 48.0 Å². The van der Waals surface area contributed by atoms with E-state index in [1.54, 1.807) is 0 Å². The lowest BCUT2D eigenvalue weighted by Crippen LogP contribution is -2.51. The monoisotopic (exact) mass is 325 g/mol. The summed E-state index contributed by atoms with van der Waals surface area (Å²) in [4.78, 5) is 17.2. The van der Waals surface area contributed by atoms with E-state index in [1.807, 2.05) is 24.3 Å². The summed E-state index contributed by atoms with van der Waals surface area (Å²) < 4.78 is 0. The van der Waals surface area contributed by atoms with Crippen LogP contribution >= 0.6 is 0 Å². The quantitative estimate of drug-likeness (QED) is 0.915. The number of hydrogen-bond donors (Lipinski definition) is 1. The van der Waals surface area contributed by atoms with E-state index in [1.165, 1.54) is 10.8 Å². The molecule has 1 amide bonds. The predicted octanol–water partition coefficient (Wildman–Crippen LogP) is 2.13. The van der Waals surface area contributed by atoms with Crippen molar-refractivity contribution in [3.63, 3.8) is 0 Å². The smallest absolute Gasteiger partial charge is 0.224 e. The lowest BCUT2D eigenvalue weighted by Gasteiger charge is -2.36. The molecule has 4 nitrogen and oxygen atoms in total. The maximum absolute atomic E-state index is 12.4. The number of fused-ring (bicyclic) bond motifs is 1. The molecule has 128 valence electrons. The first-order valence-electron chi connectivity index (χ1n) is 8.79. The fraction of sp³-hybridized carbons (Fsp3) is 0.450. The van der Waals surface area contributed by atoms with Gasteiger partial charge >= 0.3 is 0 Å². The average molecular weight is 325 g/mol. The first-order chi connectivity index (χ1) is 11.6. The highest BCUT2D eigenvalue weighted by atomic mass is 16.1. The van der Waals surface area contributed by atoms with Crippen LogP contribution in [0.25, 0.3) is 10.8 Å². The first-order valence-corrected chi connectivity index (χ1v) is 8.79. The summed E-state index contributed by atoms with van der Waals surface area (Å²) in [6.07, 6.45) is 0.441. The number of amides is 1. The number of nitrogens with one attached hydrogen (secondary N) is 1. The van der Waals surface area contributed by atoms with Gasteiger partial charge in [0, 0.05) is 38.8 Å². The lowest BCUT2D eigenvalue weighted by molar-refractivity contribution is -0.120. The lowest BCUT2D eigenvalue weighted by atomic mass is 10.0. The van der Waals surface area contributed by atoms with Gasteiger partial charge in [-0.05, 0) is 30.3 Å². The summed E-state index contributed by atoms with van der Waals surface area (Å²) in [7, 11) is 2.16. The van der Waals surface area contributed by atoms with Crippen LogP contribution < -0.4 is 5.32 Å². The van der Waals surface area contributed by atoms with Gasteiger partial charge < -0.3 is 10.2 Å². The molecule has 1 atom stereocenters. The third-order valence-electron chi connectivity index (χ3n) is 4.99. The molecule has 1 N–H and O–H groups in total. The Kier molecular flexibility index (Phi) is 5.48. The van der Waals surface area contributed by atoms with Crippen LogP contribution in [0.2, 0.25) is 0 Å². The zero-order valence-electron chi connectivity index (χ0n) is 14.7. The molecule has 24 heavy (non-hydrogen) atoms. The largest absolute Gasteiger partial charge is 0.354 e. The number of hydrogen-bond acceptors (Lipinski definition) is 3. The maximum Gasteiger partial charge on any atom is 0.224 e.